The van der Waals surface area contributed by atoms with Crippen LogP contribution in [0.4, 0.5) is 0 Å². The summed E-state index contributed by atoms with van der Waals surface area (Å²) in [6.45, 7) is 12.0. The van der Waals surface area contributed by atoms with Crippen LogP contribution in [0, 0.1) is 35.5 Å². The van der Waals surface area contributed by atoms with Crippen LogP contribution in [-0.2, 0) is 4.74 Å². The van der Waals surface area contributed by atoms with Gasteiger partial charge in [-0.05, 0) is 81.0 Å². The highest BCUT2D eigenvalue weighted by Gasteiger charge is 2.37. The van der Waals surface area contributed by atoms with Gasteiger partial charge >= 0.3 is 0 Å². The Hall–Kier alpha value is -0.460. The maximum Gasteiger partial charge on any atom is 0.139 e. The number of ether oxygens (including phenoxy) is 1. The first kappa shape index (κ1) is 23.7. The van der Waals surface area contributed by atoms with Crippen molar-refractivity contribution in [2.24, 2.45) is 35.5 Å². The number of nitrogens with one attached hydrogen (secondary N) is 3. The van der Waals surface area contributed by atoms with Crippen molar-refractivity contribution < 1.29 is 10.1 Å². The first-order valence-corrected chi connectivity index (χ1v) is 13.4. The maximum atomic E-state index is 6.47. The summed E-state index contributed by atoms with van der Waals surface area (Å²) in [6, 6.07) is 0. The van der Waals surface area contributed by atoms with Crippen LogP contribution in [0.5, 0.6) is 0 Å². The van der Waals surface area contributed by atoms with Crippen molar-refractivity contribution in [1.82, 2.24) is 16.2 Å². The Morgan fingerprint density at radius 2 is 1.94 bits per heavy atom. The largest absolute Gasteiger partial charge is 0.342 e. The minimum absolute atomic E-state index is 0.150. The van der Waals surface area contributed by atoms with Crippen LogP contribution in [0.2, 0.25) is 0 Å². The minimum atomic E-state index is 0.150. The standard InChI is InChI=1S/C26H48N4O/c1-17(2)23-14-21(19(4)13-22(23)16-28-24-7-5-6-12-27-24)15-25-29-30-26(31-25)20-10-8-18(3)9-11-20/h13,17-18,20-30H,5-12,14-16H2,1-4H3/p+1. The van der Waals surface area contributed by atoms with Gasteiger partial charge in [0.25, 0.3) is 0 Å². The number of piperidine rings is 1. The van der Waals surface area contributed by atoms with Crippen molar-refractivity contribution in [1.29, 1.82) is 0 Å². The van der Waals surface area contributed by atoms with Gasteiger partial charge in [-0.2, -0.15) is 0 Å². The van der Waals surface area contributed by atoms with E-state index in [9.17, 15) is 0 Å². The van der Waals surface area contributed by atoms with Crippen LogP contribution in [0.15, 0.2) is 11.6 Å². The van der Waals surface area contributed by atoms with Gasteiger partial charge in [0.05, 0.1) is 6.54 Å². The molecule has 5 N–H and O–H groups in total. The number of hydrogen-bond acceptors (Lipinski definition) is 4. The third kappa shape index (κ3) is 6.32. The second kappa shape index (κ2) is 11.1. The van der Waals surface area contributed by atoms with Gasteiger partial charge < -0.3 is 10.1 Å². The summed E-state index contributed by atoms with van der Waals surface area (Å²) < 4.78 is 6.47. The summed E-state index contributed by atoms with van der Waals surface area (Å²) in [6.07, 6.45) is 15.4. The van der Waals surface area contributed by atoms with Gasteiger partial charge in [-0.25, -0.2) is 10.9 Å². The smallest absolute Gasteiger partial charge is 0.139 e. The first-order valence-electron chi connectivity index (χ1n) is 13.4. The molecule has 0 bridgehead atoms. The summed E-state index contributed by atoms with van der Waals surface area (Å²) in [5, 5.41) is 6.39. The Morgan fingerprint density at radius 1 is 1.13 bits per heavy atom. The predicted molar refractivity (Wildman–Crippen MR) is 127 cm³/mol. The fourth-order valence-corrected chi connectivity index (χ4v) is 6.57. The van der Waals surface area contributed by atoms with Crippen molar-refractivity contribution >= 4 is 0 Å². The van der Waals surface area contributed by atoms with E-state index in [4.69, 9.17) is 4.74 Å². The number of nitrogens with two attached hydrogens (primary N) is 1. The Morgan fingerprint density at radius 3 is 2.65 bits per heavy atom. The zero-order valence-electron chi connectivity index (χ0n) is 20.5. The third-order valence-electron chi connectivity index (χ3n) is 8.80. The summed E-state index contributed by atoms with van der Waals surface area (Å²) in [7, 11) is 0. The van der Waals surface area contributed by atoms with Crippen LogP contribution in [-0.4, -0.2) is 31.7 Å². The average molecular weight is 434 g/mol. The molecule has 2 saturated heterocycles. The first-order chi connectivity index (χ1) is 15.0. The highest BCUT2D eigenvalue weighted by molar-refractivity contribution is 5.13. The minimum Gasteiger partial charge on any atom is -0.342 e. The molecule has 6 atom stereocenters. The predicted octanol–water partition coefficient (Wildman–Crippen LogP) is 3.50. The number of allylic oxidation sites excluding steroid dienone is 1. The Bertz CT molecular complexity index is 580. The van der Waals surface area contributed by atoms with E-state index in [2.05, 4.69) is 55.3 Å². The molecular formula is C26H49N4O+. The number of rotatable bonds is 7. The van der Waals surface area contributed by atoms with Crippen molar-refractivity contribution in [3.63, 3.8) is 0 Å². The second-order valence-corrected chi connectivity index (χ2v) is 11.5. The monoisotopic (exact) mass is 433 g/mol. The average Bonchev–Trinajstić information content (AvgIpc) is 3.23. The van der Waals surface area contributed by atoms with Crippen molar-refractivity contribution in [2.75, 3.05) is 13.1 Å². The van der Waals surface area contributed by atoms with Crippen molar-refractivity contribution in [2.45, 2.75) is 104 Å². The molecule has 2 aliphatic carbocycles. The third-order valence-corrected chi connectivity index (χ3v) is 8.80. The van der Waals surface area contributed by atoms with E-state index in [1.54, 1.807) is 5.57 Å². The molecule has 5 heteroatoms. The Labute approximate surface area is 190 Å². The van der Waals surface area contributed by atoms with Gasteiger partial charge in [0.15, 0.2) is 0 Å². The highest BCUT2D eigenvalue weighted by Crippen LogP contribution is 2.40. The van der Waals surface area contributed by atoms with Crippen LogP contribution in [0.1, 0.15) is 85.5 Å². The van der Waals surface area contributed by atoms with Gasteiger partial charge in [0.1, 0.15) is 18.6 Å². The lowest BCUT2D eigenvalue weighted by molar-refractivity contribution is -0.702. The van der Waals surface area contributed by atoms with Gasteiger partial charge in [-0.15, -0.1) is 0 Å². The SMILES string of the molecule is CC1=CC(CNC2CCCC[NH2+]2)C(C(C)C)CC1CC1NNC(C2CCC(C)CC2)O1. The van der Waals surface area contributed by atoms with Crippen LogP contribution >= 0.6 is 0 Å². The van der Waals surface area contributed by atoms with Crippen molar-refractivity contribution in [3.05, 3.63) is 11.6 Å². The quantitative estimate of drug-likeness (QED) is 0.464. The molecule has 0 amide bonds. The normalized spacial score (nSPS) is 42.0. The van der Waals surface area contributed by atoms with Gasteiger partial charge in [-0.3, -0.25) is 5.32 Å². The van der Waals surface area contributed by atoms with Gasteiger partial charge in [0, 0.05) is 13.0 Å². The van der Waals surface area contributed by atoms with Gasteiger partial charge in [0.2, 0.25) is 0 Å². The molecule has 0 aromatic heterocycles. The molecule has 0 spiro atoms. The lowest BCUT2D eigenvalue weighted by Gasteiger charge is -2.38. The van der Waals surface area contributed by atoms with E-state index < -0.39 is 0 Å². The molecule has 0 aromatic carbocycles. The molecule has 6 unspecified atom stereocenters. The van der Waals surface area contributed by atoms with E-state index >= 15 is 0 Å². The molecular weight excluding hydrogens is 384 g/mol. The fourth-order valence-electron chi connectivity index (χ4n) is 6.57. The van der Waals surface area contributed by atoms with E-state index in [1.165, 1.54) is 57.9 Å². The van der Waals surface area contributed by atoms with E-state index in [-0.39, 0.29) is 12.5 Å². The molecule has 5 nitrogen and oxygen atoms in total. The molecule has 4 aliphatic rings. The Balaban J connectivity index is 1.29. The molecule has 31 heavy (non-hydrogen) atoms. The number of hydrazine groups is 1. The summed E-state index contributed by atoms with van der Waals surface area (Å²) in [4.78, 5) is 0. The lowest BCUT2D eigenvalue weighted by Crippen LogP contribution is -2.94. The number of hydrogen-bond donors (Lipinski definition) is 4. The van der Waals surface area contributed by atoms with Crippen molar-refractivity contribution in [3.8, 4) is 0 Å². The van der Waals surface area contributed by atoms with Crippen LogP contribution in [0.3, 0.4) is 0 Å². The summed E-state index contributed by atoms with van der Waals surface area (Å²) in [5.41, 5.74) is 8.56. The Kier molecular flexibility index (Phi) is 8.49. The molecule has 2 aliphatic heterocycles. The fraction of sp³-hybridized carbons (Fsp3) is 0.923. The zero-order chi connectivity index (χ0) is 21.8. The molecule has 178 valence electrons. The molecule has 1 saturated carbocycles. The lowest BCUT2D eigenvalue weighted by atomic mass is 9.69. The van der Waals surface area contributed by atoms with Crippen LogP contribution in [0.25, 0.3) is 0 Å². The zero-order valence-corrected chi connectivity index (χ0v) is 20.5. The van der Waals surface area contributed by atoms with E-state index in [0.717, 1.165) is 30.7 Å². The number of quaternary nitrogens is 1. The molecule has 4 rings (SSSR count). The maximum absolute atomic E-state index is 6.47. The van der Waals surface area contributed by atoms with E-state index in [0.29, 0.717) is 23.9 Å². The highest BCUT2D eigenvalue weighted by atomic mass is 16.5. The van der Waals surface area contributed by atoms with Gasteiger partial charge in [-0.1, -0.05) is 45.3 Å². The van der Waals surface area contributed by atoms with E-state index in [1.807, 2.05) is 0 Å². The molecule has 2 heterocycles. The molecule has 3 fully saturated rings. The topological polar surface area (TPSA) is 61.9 Å². The summed E-state index contributed by atoms with van der Waals surface area (Å²) >= 11 is 0. The molecule has 0 radical (unpaired) electrons. The van der Waals surface area contributed by atoms with Crippen LogP contribution < -0.4 is 21.5 Å². The summed E-state index contributed by atoms with van der Waals surface area (Å²) in [5.74, 6) is 4.35. The second-order valence-electron chi connectivity index (χ2n) is 11.5. The molecule has 0 aromatic rings.